The largest absolute Gasteiger partial charge is 0.379 e. The summed E-state index contributed by atoms with van der Waals surface area (Å²) in [4.78, 5) is 17.0. The molecular formula is C28H32F2N2O2. The molecule has 34 heavy (non-hydrogen) atoms. The van der Waals surface area contributed by atoms with E-state index in [1.165, 1.54) is 12.1 Å². The fraction of sp³-hybridized carbons (Fsp3) is 0.464. The first kappa shape index (κ1) is 24.4. The maximum Gasteiger partial charge on any atom is 0.227 e. The second-order valence-corrected chi connectivity index (χ2v) is 9.31. The van der Waals surface area contributed by atoms with Gasteiger partial charge in [-0.2, -0.15) is 0 Å². The Morgan fingerprint density at radius 3 is 2.53 bits per heavy atom. The van der Waals surface area contributed by atoms with Crippen molar-refractivity contribution in [2.24, 2.45) is 5.92 Å². The number of nitrogens with zero attached hydrogens (tertiary/aromatic N) is 2. The zero-order chi connectivity index (χ0) is 24.1. The van der Waals surface area contributed by atoms with Crippen molar-refractivity contribution in [2.45, 2.75) is 39.5 Å². The van der Waals surface area contributed by atoms with Crippen LogP contribution in [-0.4, -0.2) is 50.2 Å². The summed E-state index contributed by atoms with van der Waals surface area (Å²) in [5.41, 5.74) is 4.40. The van der Waals surface area contributed by atoms with Gasteiger partial charge in [0.05, 0.1) is 13.2 Å². The molecule has 6 heteroatoms. The number of hydrogen-bond donors (Lipinski definition) is 0. The molecule has 0 N–H and O–H groups in total. The molecule has 0 saturated carbocycles. The lowest BCUT2D eigenvalue weighted by Crippen LogP contribution is -2.41. The van der Waals surface area contributed by atoms with Gasteiger partial charge < -0.3 is 9.64 Å². The van der Waals surface area contributed by atoms with Gasteiger partial charge in [0.1, 0.15) is 11.6 Å². The summed E-state index contributed by atoms with van der Waals surface area (Å²) < 4.78 is 32.8. The van der Waals surface area contributed by atoms with Crippen LogP contribution in [0.4, 0.5) is 14.5 Å². The van der Waals surface area contributed by atoms with Crippen LogP contribution in [0.2, 0.25) is 0 Å². The topological polar surface area (TPSA) is 32.8 Å². The van der Waals surface area contributed by atoms with Crippen LogP contribution in [0.1, 0.15) is 41.5 Å². The van der Waals surface area contributed by atoms with Gasteiger partial charge >= 0.3 is 0 Å². The first-order chi connectivity index (χ1) is 16.4. The molecule has 1 unspecified atom stereocenters. The average Bonchev–Trinajstić information content (AvgIpc) is 2.81. The molecule has 4 rings (SSSR count). The molecule has 0 aliphatic carbocycles. The van der Waals surface area contributed by atoms with E-state index in [1.807, 2.05) is 30.9 Å². The molecule has 0 spiro atoms. The molecule has 2 aliphatic rings. The lowest BCUT2D eigenvalue weighted by atomic mass is 9.89. The number of piperidine rings is 1. The lowest BCUT2D eigenvalue weighted by Gasteiger charge is -2.34. The van der Waals surface area contributed by atoms with E-state index in [1.54, 1.807) is 0 Å². The fourth-order valence-electron chi connectivity index (χ4n) is 4.95. The summed E-state index contributed by atoms with van der Waals surface area (Å²) in [7, 11) is 0. The normalized spacial score (nSPS) is 19.1. The van der Waals surface area contributed by atoms with E-state index in [0.717, 1.165) is 67.7 Å². The number of hydrogen-bond acceptors (Lipinski definition) is 3. The first-order valence-electron chi connectivity index (χ1n) is 12.0. The Balaban J connectivity index is 1.43. The van der Waals surface area contributed by atoms with Crippen LogP contribution >= 0.6 is 0 Å². The van der Waals surface area contributed by atoms with Gasteiger partial charge in [0.2, 0.25) is 5.91 Å². The van der Waals surface area contributed by atoms with Crippen molar-refractivity contribution in [2.75, 3.05) is 44.3 Å². The van der Waals surface area contributed by atoms with Crippen molar-refractivity contribution < 1.29 is 18.3 Å². The number of benzene rings is 2. The highest BCUT2D eigenvalue weighted by Gasteiger charge is 2.29. The summed E-state index contributed by atoms with van der Waals surface area (Å²) in [6, 6.07) is 7.81. The molecule has 2 aromatic carbocycles. The zero-order valence-corrected chi connectivity index (χ0v) is 20.0. The van der Waals surface area contributed by atoms with Gasteiger partial charge in [0.15, 0.2) is 0 Å². The van der Waals surface area contributed by atoms with Crippen LogP contribution < -0.4 is 4.90 Å². The average molecular weight is 467 g/mol. The molecule has 0 aromatic heterocycles. The Hall–Kier alpha value is -2.75. The predicted octanol–water partition coefficient (Wildman–Crippen LogP) is 4.64. The number of ether oxygens (including phenoxy) is 1. The highest BCUT2D eigenvalue weighted by atomic mass is 19.1. The fourth-order valence-corrected chi connectivity index (χ4v) is 4.95. The number of morpholine rings is 1. The molecule has 4 nitrogen and oxygen atoms in total. The van der Waals surface area contributed by atoms with Crippen LogP contribution in [-0.2, 0) is 16.0 Å². The number of carbonyl (C=O) groups excluding carboxylic acids is 1. The second kappa shape index (κ2) is 11.1. The van der Waals surface area contributed by atoms with Crippen molar-refractivity contribution in [1.82, 2.24) is 4.90 Å². The molecule has 0 bridgehead atoms. The minimum Gasteiger partial charge on any atom is -0.379 e. The van der Waals surface area contributed by atoms with E-state index in [0.29, 0.717) is 31.4 Å². The third-order valence-corrected chi connectivity index (χ3v) is 6.68. The number of rotatable bonds is 5. The maximum atomic E-state index is 14.2. The van der Waals surface area contributed by atoms with E-state index in [2.05, 4.69) is 16.7 Å². The Morgan fingerprint density at radius 2 is 1.82 bits per heavy atom. The van der Waals surface area contributed by atoms with E-state index in [-0.39, 0.29) is 11.8 Å². The van der Waals surface area contributed by atoms with Crippen LogP contribution in [0.25, 0.3) is 0 Å². The van der Waals surface area contributed by atoms with Crippen molar-refractivity contribution in [1.29, 1.82) is 0 Å². The molecule has 2 aromatic rings. The van der Waals surface area contributed by atoms with Crippen LogP contribution in [0.5, 0.6) is 0 Å². The van der Waals surface area contributed by atoms with E-state index in [4.69, 9.17) is 4.74 Å². The van der Waals surface area contributed by atoms with Gasteiger partial charge in [-0.25, -0.2) is 8.78 Å². The Labute approximate surface area is 200 Å². The van der Waals surface area contributed by atoms with Crippen molar-refractivity contribution >= 4 is 11.6 Å². The molecule has 1 atom stereocenters. The number of amides is 1. The van der Waals surface area contributed by atoms with Gasteiger partial charge in [0.25, 0.3) is 0 Å². The Kier molecular flexibility index (Phi) is 7.97. The van der Waals surface area contributed by atoms with E-state index in [9.17, 15) is 13.6 Å². The molecule has 180 valence electrons. The molecular weight excluding hydrogens is 434 g/mol. The second-order valence-electron chi connectivity index (χ2n) is 9.31. The molecule has 1 amide bonds. The van der Waals surface area contributed by atoms with E-state index >= 15 is 0 Å². The Bertz CT molecular complexity index is 1080. The maximum absolute atomic E-state index is 14.2. The summed E-state index contributed by atoms with van der Waals surface area (Å²) >= 11 is 0. The van der Waals surface area contributed by atoms with Crippen LogP contribution in [0, 0.1) is 43.2 Å². The van der Waals surface area contributed by atoms with Crippen LogP contribution in [0.15, 0.2) is 30.3 Å². The van der Waals surface area contributed by atoms with Gasteiger partial charge in [0, 0.05) is 56.3 Å². The van der Waals surface area contributed by atoms with Gasteiger partial charge in [-0.05, 0) is 67.5 Å². The third-order valence-electron chi connectivity index (χ3n) is 6.68. The summed E-state index contributed by atoms with van der Waals surface area (Å²) in [5, 5.41) is 0. The summed E-state index contributed by atoms with van der Waals surface area (Å²) in [6.45, 7) is 9.02. The third kappa shape index (κ3) is 6.02. The van der Waals surface area contributed by atoms with Gasteiger partial charge in [-0.3, -0.25) is 9.69 Å². The number of halogens is 2. The van der Waals surface area contributed by atoms with Gasteiger partial charge in [-0.15, -0.1) is 0 Å². The highest BCUT2D eigenvalue weighted by molar-refractivity contribution is 5.95. The molecule has 2 fully saturated rings. The number of carbonyl (C=O) groups is 1. The van der Waals surface area contributed by atoms with E-state index < -0.39 is 11.6 Å². The molecule has 2 aliphatic heterocycles. The quantitative estimate of drug-likeness (QED) is 0.602. The van der Waals surface area contributed by atoms with Crippen LogP contribution in [0.3, 0.4) is 0 Å². The molecule has 2 heterocycles. The smallest absolute Gasteiger partial charge is 0.227 e. The van der Waals surface area contributed by atoms with Crippen molar-refractivity contribution in [3.63, 3.8) is 0 Å². The lowest BCUT2D eigenvalue weighted by molar-refractivity contribution is -0.120. The monoisotopic (exact) mass is 466 g/mol. The molecule has 2 saturated heterocycles. The number of anilines is 1. The summed E-state index contributed by atoms with van der Waals surface area (Å²) in [5.74, 6) is 5.67. The van der Waals surface area contributed by atoms with Gasteiger partial charge in [-0.1, -0.05) is 17.9 Å². The van der Waals surface area contributed by atoms with Crippen molar-refractivity contribution in [3.05, 3.63) is 64.2 Å². The minimum absolute atomic E-state index is 0.0892. The zero-order valence-electron chi connectivity index (χ0n) is 20.0. The first-order valence-corrected chi connectivity index (χ1v) is 12.0. The SMILES string of the molecule is Cc1cc(C#CCCN2CCOCC2)cc(C)c1N1CC(Cc2ccc(F)cc2F)CCC1=O. The predicted molar refractivity (Wildman–Crippen MR) is 130 cm³/mol. The number of aryl methyl sites for hydroxylation is 2. The summed E-state index contributed by atoms with van der Waals surface area (Å²) in [6.07, 6.45) is 2.43. The highest BCUT2D eigenvalue weighted by Crippen LogP contribution is 2.32. The standard InChI is InChI=1S/C28H32F2N2O2/c1-20-15-22(5-3-4-10-31-11-13-34-14-12-31)16-21(2)28(20)32-19-23(6-9-27(32)33)17-24-7-8-25(29)18-26(24)30/h7-8,15-16,18,23H,4,6,9-14,17,19H2,1-2H3. The van der Waals surface area contributed by atoms with Crippen molar-refractivity contribution in [3.8, 4) is 11.8 Å². The minimum atomic E-state index is -0.572. The Morgan fingerprint density at radius 1 is 1.09 bits per heavy atom. The molecule has 0 radical (unpaired) electrons.